The highest BCUT2D eigenvalue weighted by Gasteiger charge is 2.39. The maximum Gasteiger partial charge on any atom is 0.314 e. The molecule has 132 valence electrons. The first kappa shape index (κ1) is 20.6. The lowest BCUT2D eigenvalue weighted by atomic mass is 10.0. The summed E-state index contributed by atoms with van der Waals surface area (Å²) in [7, 11) is -5.12. The zero-order chi connectivity index (χ0) is 17.0. The van der Waals surface area contributed by atoms with Gasteiger partial charge in [0.25, 0.3) is 0 Å². The third kappa shape index (κ3) is 8.98. The molecule has 0 amide bonds. The first-order chi connectivity index (χ1) is 9.89. The lowest BCUT2D eigenvalue weighted by molar-refractivity contribution is 0.183. The van der Waals surface area contributed by atoms with Gasteiger partial charge in [0.05, 0.1) is 0 Å². The van der Waals surface area contributed by atoms with Crippen LogP contribution in [-0.2, 0) is 8.23 Å². The minimum absolute atomic E-state index is 0.869. The summed E-state index contributed by atoms with van der Waals surface area (Å²) in [5.41, 5.74) is 0. The van der Waals surface area contributed by atoms with Gasteiger partial charge >= 0.3 is 8.56 Å². The summed E-state index contributed by atoms with van der Waals surface area (Å²) in [6.07, 6.45) is 4.00. The maximum absolute atomic E-state index is 6.58. The molecule has 1 rings (SSSR count). The number of rotatable bonds is 8. The summed E-state index contributed by atoms with van der Waals surface area (Å²) in [4.78, 5) is 2.64. The Hall–Kier alpha value is 0.531. The summed E-state index contributed by atoms with van der Waals surface area (Å²) in [6.45, 7) is 22.2. The lowest BCUT2D eigenvalue weighted by Crippen LogP contribution is -2.52. The van der Waals surface area contributed by atoms with Crippen molar-refractivity contribution in [2.45, 2.75) is 78.1 Å². The van der Waals surface area contributed by atoms with E-state index in [0.717, 1.165) is 12.0 Å². The van der Waals surface area contributed by atoms with Crippen molar-refractivity contribution in [3.8, 4) is 0 Å². The Bertz CT molecular complexity index is 323. The molecule has 0 aliphatic carbocycles. The lowest BCUT2D eigenvalue weighted by Gasteiger charge is -2.39. The van der Waals surface area contributed by atoms with E-state index in [1.165, 1.54) is 38.9 Å². The first-order valence-electron chi connectivity index (χ1n) is 9.01. The Kier molecular flexibility index (Phi) is 7.55. The van der Waals surface area contributed by atoms with Crippen LogP contribution in [0.15, 0.2) is 0 Å². The molecule has 1 unspecified atom stereocenters. The van der Waals surface area contributed by atoms with E-state index in [2.05, 4.69) is 57.7 Å². The molecule has 1 heterocycles. The van der Waals surface area contributed by atoms with Crippen molar-refractivity contribution in [1.29, 1.82) is 0 Å². The molecule has 0 radical (unpaired) electrons. The van der Waals surface area contributed by atoms with Crippen LogP contribution in [0.25, 0.3) is 0 Å². The zero-order valence-electron chi connectivity index (χ0n) is 16.3. The molecule has 0 saturated carbocycles. The standard InChI is InChI=1S/C16H39NO2Si3/c1-16-11-9-12-17(15-16)13-10-14-22(8,18-20(2,3)4)19-21(5,6)7/h16H,9-15H2,1-8H3. The molecule has 6 heteroatoms. The number of hydrogen-bond donors (Lipinski definition) is 0. The summed E-state index contributed by atoms with van der Waals surface area (Å²) >= 11 is 0. The van der Waals surface area contributed by atoms with Crippen LogP contribution in [0.2, 0.25) is 51.9 Å². The van der Waals surface area contributed by atoms with Crippen molar-refractivity contribution in [3.63, 3.8) is 0 Å². The molecule has 1 saturated heterocycles. The van der Waals surface area contributed by atoms with Crippen LogP contribution >= 0.6 is 0 Å². The van der Waals surface area contributed by atoms with Crippen LogP contribution in [-0.4, -0.2) is 49.7 Å². The fraction of sp³-hybridized carbons (Fsp3) is 1.00. The SMILES string of the molecule is CC1CCCN(CCC[Si](C)(O[Si](C)(C)C)O[Si](C)(C)C)C1. The van der Waals surface area contributed by atoms with Gasteiger partial charge in [-0.05, 0) is 90.1 Å². The van der Waals surface area contributed by atoms with Gasteiger partial charge in [-0.25, -0.2) is 0 Å². The Balaban J connectivity index is 2.53. The average molecular weight is 362 g/mol. The maximum atomic E-state index is 6.58. The summed E-state index contributed by atoms with van der Waals surface area (Å²) < 4.78 is 13.2. The molecule has 0 aromatic heterocycles. The molecule has 0 aromatic carbocycles. The number of piperidine rings is 1. The van der Waals surface area contributed by atoms with Gasteiger partial charge in [-0.15, -0.1) is 0 Å². The van der Waals surface area contributed by atoms with E-state index in [-0.39, 0.29) is 0 Å². The van der Waals surface area contributed by atoms with Crippen molar-refractivity contribution in [2.75, 3.05) is 19.6 Å². The van der Waals surface area contributed by atoms with E-state index in [1.807, 2.05) is 0 Å². The molecule has 1 aliphatic rings. The number of likely N-dealkylation sites (tertiary alicyclic amines) is 1. The fourth-order valence-corrected chi connectivity index (χ4v) is 16.1. The van der Waals surface area contributed by atoms with Crippen LogP contribution in [0.5, 0.6) is 0 Å². The molecule has 0 N–H and O–H groups in total. The van der Waals surface area contributed by atoms with Gasteiger partial charge in [0.1, 0.15) is 0 Å². The molecule has 1 aliphatic heterocycles. The third-order valence-electron chi connectivity index (χ3n) is 3.89. The number of nitrogens with zero attached hydrogens (tertiary/aromatic N) is 1. The van der Waals surface area contributed by atoms with E-state index in [9.17, 15) is 0 Å². The van der Waals surface area contributed by atoms with E-state index >= 15 is 0 Å². The fourth-order valence-electron chi connectivity index (χ4n) is 3.53. The molecule has 0 bridgehead atoms. The van der Waals surface area contributed by atoms with Gasteiger partial charge < -0.3 is 13.1 Å². The highest BCUT2D eigenvalue weighted by atomic mass is 28.5. The highest BCUT2D eigenvalue weighted by molar-refractivity contribution is 6.87. The second kappa shape index (κ2) is 8.07. The normalized spacial score (nSPS) is 22.1. The van der Waals surface area contributed by atoms with Gasteiger partial charge in [-0.3, -0.25) is 0 Å². The van der Waals surface area contributed by atoms with Gasteiger partial charge in [0.15, 0.2) is 16.6 Å². The zero-order valence-corrected chi connectivity index (χ0v) is 19.3. The van der Waals surface area contributed by atoms with Gasteiger partial charge in [-0.2, -0.15) is 0 Å². The van der Waals surface area contributed by atoms with E-state index in [4.69, 9.17) is 8.23 Å². The molecular weight excluding hydrogens is 322 g/mol. The van der Waals surface area contributed by atoms with Crippen molar-refractivity contribution in [3.05, 3.63) is 0 Å². The van der Waals surface area contributed by atoms with Gasteiger partial charge in [-0.1, -0.05) is 6.92 Å². The largest absolute Gasteiger partial charge is 0.437 e. The van der Waals surface area contributed by atoms with Crippen LogP contribution in [0.3, 0.4) is 0 Å². The molecule has 1 fully saturated rings. The molecule has 3 nitrogen and oxygen atoms in total. The highest BCUT2D eigenvalue weighted by Crippen LogP contribution is 2.26. The Morgan fingerprint density at radius 3 is 1.95 bits per heavy atom. The second-order valence-electron chi connectivity index (χ2n) is 9.21. The van der Waals surface area contributed by atoms with Crippen molar-refractivity contribution >= 4 is 25.2 Å². The predicted octanol–water partition coefficient (Wildman–Crippen LogP) is 4.88. The Labute approximate surface area is 142 Å². The topological polar surface area (TPSA) is 21.7 Å². The molecule has 0 aromatic rings. The van der Waals surface area contributed by atoms with E-state index in [1.54, 1.807) is 0 Å². The van der Waals surface area contributed by atoms with Crippen molar-refractivity contribution < 1.29 is 8.23 Å². The molecular formula is C16H39NO2Si3. The predicted molar refractivity (Wildman–Crippen MR) is 105 cm³/mol. The Morgan fingerprint density at radius 1 is 0.955 bits per heavy atom. The van der Waals surface area contributed by atoms with E-state index < -0.39 is 25.2 Å². The monoisotopic (exact) mass is 361 g/mol. The summed E-state index contributed by atoms with van der Waals surface area (Å²) in [5, 5.41) is 0. The van der Waals surface area contributed by atoms with Crippen LogP contribution < -0.4 is 0 Å². The molecule has 0 spiro atoms. The van der Waals surface area contributed by atoms with Crippen molar-refractivity contribution in [2.24, 2.45) is 5.92 Å². The third-order valence-corrected chi connectivity index (χ3v) is 13.5. The molecule has 1 atom stereocenters. The average Bonchev–Trinajstić information content (AvgIpc) is 2.22. The quantitative estimate of drug-likeness (QED) is 0.575. The second-order valence-corrected chi connectivity index (χ2v) is 22.1. The summed E-state index contributed by atoms with van der Waals surface area (Å²) in [5.74, 6) is 0.869. The minimum atomic E-state index is -2.02. The van der Waals surface area contributed by atoms with Crippen LogP contribution in [0.1, 0.15) is 26.2 Å². The van der Waals surface area contributed by atoms with E-state index in [0.29, 0.717) is 0 Å². The smallest absolute Gasteiger partial charge is 0.314 e. The van der Waals surface area contributed by atoms with Crippen LogP contribution in [0.4, 0.5) is 0 Å². The van der Waals surface area contributed by atoms with Gasteiger partial charge in [0.2, 0.25) is 0 Å². The Morgan fingerprint density at radius 2 is 1.50 bits per heavy atom. The van der Waals surface area contributed by atoms with Gasteiger partial charge in [0, 0.05) is 6.54 Å². The summed E-state index contributed by atoms with van der Waals surface area (Å²) in [6, 6.07) is 1.15. The minimum Gasteiger partial charge on any atom is -0.437 e. The van der Waals surface area contributed by atoms with Crippen LogP contribution in [0, 0.1) is 5.92 Å². The molecule has 22 heavy (non-hydrogen) atoms. The van der Waals surface area contributed by atoms with Crippen molar-refractivity contribution in [1.82, 2.24) is 4.90 Å². The number of hydrogen-bond acceptors (Lipinski definition) is 3. The first-order valence-corrected chi connectivity index (χ1v) is 18.4.